The van der Waals surface area contributed by atoms with Crippen molar-refractivity contribution in [2.75, 3.05) is 5.32 Å². The summed E-state index contributed by atoms with van der Waals surface area (Å²) in [6.07, 6.45) is 3.31. The number of rotatable bonds is 5. The molecular formula is C11H9Cl2F2N3O. The van der Waals surface area contributed by atoms with Crippen LogP contribution in [0.2, 0.25) is 10.0 Å². The van der Waals surface area contributed by atoms with Crippen molar-refractivity contribution in [3.05, 3.63) is 40.4 Å². The molecule has 0 spiro atoms. The summed E-state index contributed by atoms with van der Waals surface area (Å²) in [7, 11) is 0. The van der Waals surface area contributed by atoms with Gasteiger partial charge in [-0.25, -0.2) is 4.98 Å². The number of H-pyrrole nitrogens is 1. The maximum absolute atomic E-state index is 12.1. The fraction of sp³-hybridized carbons (Fsp3) is 0.182. The van der Waals surface area contributed by atoms with Gasteiger partial charge in [0.05, 0.1) is 16.6 Å². The zero-order chi connectivity index (χ0) is 13.8. The molecule has 19 heavy (non-hydrogen) atoms. The second-order valence-corrected chi connectivity index (χ2v) is 4.35. The minimum absolute atomic E-state index is 0.00902. The van der Waals surface area contributed by atoms with Crippen LogP contribution in [0.15, 0.2) is 24.5 Å². The Bertz CT molecular complexity index is 526. The third-order valence-corrected chi connectivity index (χ3v) is 2.78. The standard InChI is InChI=1S/C11H9Cl2F2N3O/c12-7-3-6(18-5-9-16-1-2-17-9)4-8(13)10(7)19-11(14)15/h1-4,11,18H,5H2,(H,16,17). The third-order valence-electron chi connectivity index (χ3n) is 2.22. The number of anilines is 1. The highest BCUT2D eigenvalue weighted by molar-refractivity contribution is 6.37. The van der Waals surface area contributed by atoms with Crippen LogP contribution in [0.5, 0.6) is 5.75 Å². The van der Waals surface area contributed by atoms with Crippen molar-refractivity contribution in [2.45, 2.75) is 13.2 Å². The summed E-state index contributed by atoms with van der Waals surface area (Å²) in [6, 6.07) is 2.90. The van der Waals surface area contributed by atoms with Gasteiger partial charge < -0.3 is 15.0 Å². The van der Waals surface area contributed by atoms with E-state index in [1.165, 1.54) is 12.1 Å². The molecule has 1 heterocycles. The predicted molar refractivity (Wildman–Crippen MR) is 69.0 cm³/mol. The van der Waals surface area contributed by atoms with E-state index in [1.807, 2.05) is 0 Å². The van der Waals surface area contributed by atoms with E-state index in [1.54, 1.807) is 12.4 Å². The Morgan fingerprint density at radius 1 is 1.32 bits per heavy atom. The van der Waals surface area contributed by atoms with Crippen LogP contribution in [-0.4, -0.2) is 16.6 Å². The van der Waals surface area contributed by atoms with Crippen molar-refractivity contribution in [1.29, 1.82) is 0 Å². The first-order valence-electron chi connectivity index (χ1n) is 5.22. The van der Waals surface area contributed by atoms with Gasteiger partial charge in [0.15, 0.2) is 5.75 Å². The van der Waals surface area contributed by atoms with Crippen LogP contribution in [0.1, 0.15) is 5.82 Å². The molecule has 2 rings (SSSR count). The van der Waals surface area contributed by atoms with Crippen LogP contribution in [0, 0.1) is 0 Å². The fourth-order valence-corrected chi connectivity index (χ4v) is 2.02. The molecule has 8 heteroatoms. The minimum Gasteiger partial charge on any atom is -0.432 e. The minimum atomic E-state index is -2.98. The molecule has 1 aromatic heterocycles. The monoisotopic (exact) mass is 307 g/mol. The Morgan fingerprint density at radius 3 is 2.53 bits per heavy atom. The number of ether oxygens (including phenoxy) is 1. The predicted octanol–water partition coefficient (Wildman–Crippen LogP) is 3.93. The summed E-state index contributed by atoms with van der Waals surface area (Å²) in [4.78, 5) is 6.94. The largest absolute Gasteiger partial charge is 0.432 e. The highest BCUT2D eigenvalue weighted by Crippen LogP contribution is 2.36. The van der Waals surface area contributed by atoms with E-state index in [0.717, 1.165) is 5.82 Å². The van der Waals surface area contributed by atoms with Gasteiger partial charge in [-0.2, -0.15) is 8.78 Å². The molecule has 0 amide bonds. The number of nitrogens with one attached hydrogen (secondary N) is 2. The average Bonchev–Trinajstić information content (AvgIpc) is 2.84. The Balaban J connectivity index is 2.10. The molecule has 0 fully saturated rings. The summed E-state index contributed by atoms with van der Waals surface area (Å²) in [5.41, 5.74) is 0.577. The first-order chi connectivity index (χ1) is 9.06. The molecule has 0 unspecified atom stereocenters. The lowest BCUT2D eigenvalue weighted by Crippen LogP contribution is -2.05. The van der Waals surface area contributed by atoms with Gasteiger partial charge in [-0.05, 0) is 12.1 Å². The summed E-state index contributed by atoms with van der Waals surface area (Å²) in [5, 5.41) is 3.02. The van der Waals surface area contributed by atoms with Crippen LogP contribution >= 0.6 is 23.2 Å². The van der Waals surface area contributed by atoms with Gasteiger partial charge >= 0.3 is 6.61 Å². The van der Waals surface area contributed by atoms with E-state index in [2.05, 4.69) is 20.0 Å². The topological polar surface area (TPSA) is 49.9 Å². The van der Waals surface area contributed by atoms with Crippen molar-refractivity contribution in [1.82, 2.24) is 9.97 Å². The first-order valence-corrected chi connectivity index (χ1v) is 5.98. The Morgan fingerprint density at radius 2 is 2.00 bits per heavy atom. The summed E-state index contributed by atoms with van der Waals surface area (Å²) in [6.45, 7) is -2.55. The number of benzene rings is 1. The first kappa shape index (κ1) is 13.9. The second kappa shape index (κ2) is 6.08. The van der Waals surface area contributed by atoms with E-state index >= 15 is 0 Å². The van der Waals surface area contributed by atoms with E-state index < -0.39 is 6.61 Å². The lowest BCUT2D eigenvalue weighted by atomic mass is 10.3. The third kappa shape index (κ3) is 3.71. The number of hydrogen-bond donors (Lipinski definition) is 2. The zero-order valence-corrected chi connectivity index (χ0v) is 11.0. The molecule has 0 atom stereocenters. The Hall–Kier alpha value is -1.53. The molecule has 0 saturated carbocycles. The number of halogens is 4. The quantitative estimate of drug-likeness (QED) is 0.880. The SMILES string of the molecule is FC(F)Oc1c(Cl)cc(NCc2ncc[nH]2)cc1Cl. The molecule has 0 radical (unpaired) electrons. The van der Waals surface area contributed by atoms with Gasteiger partial charge in [0.25, 0.3) is 0 Å². The number of nitrogens with zero attached hydrogens (tertiary/aromatic N) is 1. The molecule has 2 N–H and O–H groups in total. The van der Waals surface area contributed by atoms with E-state index in [4.69, 9.17) is 23.2 Å². The lowest BCUT2D eigenvalue weighted by molar-refractivity contribution is -0.0497. The highest BCUT2D eigenvalue weighted by Gasteiger charge is 2.14. The maximum atomic E-state index is 12.1. The molecule has 0 aliphatic heterocycles. The summed E-state index contributed by atoms with van der Waals surface area (Å²) < 4.78 is 28.5. The van der Waals surface area contributed by atoms with Crippen LogP contribution in [0.25, 0.3) is 0 Å². The number of alkyl halides is 2. The number of aromatic nitrogens is 2. The molecule has 1 aromatic carbocycles. The van der Waals surface area contributed by atoms with Crippen molar-refractivity contribution in [2.24, 2.45) is 0 Å². The normalized spacial score (nSPS) is 10.8. The van der Waals surface area contributed by atoms with Gasteiger partial charge in [-0.15, -0.1) is 0 Å². The van der Waals surface area contributed by atoms with Crippen LogP contribution in [0.3, 0.4) is 0 Å². The highest BCUT2D eigenvalue weighted by atomic mass is 35.5. The average molecular weight is 308 g/mol. The van der Waals surface area contributed by atoms with Gasteiger partial charge in [-0.3, -0.25) is 0 Å². The van der Waals surface area contributed by atoms with Gasteiger partial charge in [0.2, 0.25) is 0 Å². The Labute approximate surface area is 117 Å². The number of aromatic amines is 1. The molecule has 0 aliphatic carbocycles. The number of hydrogen-bond acceptors (Lipinski definition) is 3. The lowest BCUT2D eigenvalue weighted by Gasteiger charge is -2.11. The van der Waals surface area contributed by atoms with Crippen LogP contribution in [0.4, 0.5) is 14.5 Å². The molecule has 102 valence electrons. The molecule has 4 nitrogen and oxygen atoms in total. The molecule has 0 bridgehead atoms. The second-order valence-electron chi connectivity index (χ2n) is 3.54. The smallest absolute Gasteiger partial charge is 0.387 e. The zero-order valence-electron chi connectivity index (χ0n) is 9.46. The molecular weight excluding hydrogens is 299 g/mol. The van der Waals surface area contributed by atoms with Crippen molar-refractivity contribution >= 4 is 28.9 Å². The van der Waals surface area contributed by atoms with Crippen molar-refractivity contribution in [3.63, 3.8) is 0 Å². The van der Waals surface area contributed by atoms with E-state index in [9.17, 15) is 8.78 Å². The summed E-state index contributed by atoms with van der Waals surface area (Å²) >= 11 is 11.7. The number of imidazole rings is 1. The molecule has 2 aromatic rings. The van der Waals surface area contributed by atoms with Crippen LogP contribution < -0.4 is 10.1 Å². The molecule has 0 saturated heterocycles. The fourth-order valence-electron chi connectivity index (χ4n) is 1.44. The maximum Gasteiger partial charge on any atom is 0.387 e. The molecule has 0 aliphatic rings. The Kier molecular flexibility index (Phi) is 4.44. The van der Waals surface area contributed by atoms with Crippen molar-refractivity contribution < 1.29 is 13.5 Å². The summed E-state index contributed by atoms with van der Waals surface area (Å²) in [5.74, 6) is 0.488. The van der Waals surface area contributed by atoms with E-state index in [0.29, 0.717) is 12.2 Å². The van der Waals surface area contributed by atoms with E-state index in [-0.39, 0.29) is 15.8 Å². The van der Waals surface area contributed by atoms with Gasteiger partial charge in [0, 0.05) is 18.1 Å². The van der Waals surface area contributed by atoms with Gasteiger partial charge in [-0.1, -0.05) is 23.2 Å². The van der Waals surface area contributed by atoms with Gasteiger partial charge in [0.1, 0.15) is 5.82 Å². The van der Waals surface area contributed by atoms with Crippen LogP contribution in [-0.2, 0) is 6.54 Å². The van der Waals surface area contributed by atoms with Crippen molar-refractivity contribution in [3.8, 4) is 5.75 Å².